The summed E-state index contributed by atoms with van der Waals surface area (Å²) in [6, 6.07) is 0. The van der Waals surface area contributed by atoms with Gasteiger partial charge in [0, 0.05) is 5.71 Å². The molecule has 0 radical (unpaired) electrons. The van der Waals surface area contributed by atoms with E-state index in [-0.39, 0.29) is 0 Å². The number of nitrogens with one attached hydrogen (secondary N) is 1. The van der Waals surface area contributed by atoms with Gasteiger partial charge in [-0.25, -0.2) is 0 Å². The van der Waals surface area contributed by atoms with Crippen LogP contribution in [0.5, 0.6) is 0 Å². The maximum Gasteiger partial charge on any atom is 0.00893 e. The van der Waals surface area contributed by atoms with E-state index in [1.807, 2.05) is 6.92 Å². The fraction of sp³-hybridized carbons (Fsp3) is 0.900. The summed E-state index contributed by atoms with van der Waals surface area (Å²) < 4.78 is 0. The Morgan fingerprint density at radius 2 is 2.09 bits per heavy atom. The van der Waals surface area contributed by atoms with Crippen molar-refractivity contribution in [1.29, 1.82) is 5.41 Å². The second-order valence-corrected chi connectivity index (χ2v) is 4.64. The quantitative estimate of drug-likeness (QED) is 0.559. The molecule has 0 amide bonds. The Bertz CT molecular complexity index is 158. The molecule has 1 N–H and O–H groups in total. The van der Waals surface area contributed by atoms with Gasteiger partial charge >= 0.3 is 0 Å². The lowest BCUT2D eigenvalue weighted by Gasteiger charge is -2.34. The molecule has 1 rings (SSSR count). The fourth-order valence-electron chi connectivity index (χ4n) is 2.07. The van der Waals surface area contributed by atoms with Gasteiger partial charge < -0.3 is 5.41 Å². The second-order valence-electron chi connectivity index (χ2n) is 4.64. The lowest BCUT2D eigenvalue weighted by atomic mass is 9.71. The summed E-state index contributed by atoms with van der Waals surface area (Å²) in [5, 5.41) is 7.57. The van der Waals surface area contributed by atoms with Crippen molar-refractivity contribution in [3.63, 3.8) is 0 Å². The van der Waals surface area contributed by atoms with E-state index in [4.69, 9.17) is 5.41 Å². The van der Waals surface area contributed by atoms with Crippen molar-refractivity contribution in [3.05, 3.63) is 0 Å². The van der Waals surface area contributed by atoms with Crippen molar-refractivity contribution < 1.29 is 0 Å². The number of rotatable bonds is 1. The van der Waals surface area contributed by atoms with E-state index in [1.165, 1.54) is 25.7 Å². The largest absolute Gasteiger partial charge is 0.310 e. The Balaban J connectivity index is 2.53. The predicted octanol–water partition coefficient (Wildman–Crippen LogP) is 3.24. The van der Waals surface area contributed by atoms with Gasteiger partial charge in [0.25, 0.3) is 0 Å². The zero-order chi connectivity index (χ0) is 8.48. The van der Waals surface area contributed by atoms with Gasteiger partial charge in [0.05, 0.1) is 0 Å². The van der Waals surface area contributed by atoms with Crippen LogP contribution in [0.3, 0.4) is 0 Å². The van der Waals surface area contributed by atoms with Crippen LogP contribution in [0.25, 0.3) is 0 Å². The van der Waals surface area contributed by atoms with E-state index in [0.717, 1.165) is 5.71 Å². The smallest absolute Gasteiger partial charge is 0.00893 e. The van der Waals surface area contributed by atoms with E-state index in [0.29, 0.717) is 11.3 Å². The molecule has 0 saturated heterocycles. The molecule has 1 aliphatic carbocycles. The van der Waals surface area contributed by atoms with Crippen LogP contribution < -0.4 is 0 Å². The third-order valence-corrected chi connectivity index (χ3v) is 2.82. The van der Waals surface area contributed by atoms with E-state index in [1.54, 1.807) is 0 Å². The third-order valence-electron chi connectivity index (χ3n) is 2.82. The molecular weight excluding hydrogens is 134 g/mol. The third kappa shape index (κ3) is 2.32. The second kappa shape index (κ2) is 2.96. The maximum absolute atomic E-state index is 7.57. The Labute approximate surface area is 69.7 Å². The van der Waals surface area contributed by atoms with Crippen molar-refractivity contribution in [2.24, 2.45) is 11.3 Å². The standard InChI is InChI=1S/C10H19N/c1-8(11)9-5-4-6-10(2,3)7-9/h9,11H,4-7H2,1-3H3. The number of hydrogen-bond acceptors (Lipinski definition) is 1. The molecular formula is C10H19N. The van der Waals surface area contributed by atoms with Crippen molar-refractivity contribution in [2.45, 2.75) is 46.5 Å². The first-order chi connectivity index (χ1) is 5.01. The van der Waals surface area contributed by atoms with Crippen molar-refractivity contribution >= 4 is 5.71 Å². The zero-order valence-corrected chi connectivity index (χ0v) is 7.91. The summed E-state index contributed by atoms with van der Waals surface area (Å²) in [5.41, 5.74) is 1.38. The summed E-state index contributed by atoms with van der Waals surface area (Å²) in [6.07, 6.45) is 5.13. The SMILES string of the molecule is CC(=N)C1CCCC(C)(C)C1. The molecule has 64 valence electrons. The number of hydrogen-bond donors (Lipinski definition) is 1. The lowest BCUT2D eigenvalue weighted by Crippen LogP contribution is -2.26. The van der Waals surface area contributed by atoms with Gasteiger partial charge in [-0.1, -0.05) is 20.3 Å². The predicted molar refractivity (Wildman–Crippen MR) is 49.1 cm³/mol. The minimum atomic E-state index is 0.491. The van der Waals surface area contributed by atoms with Crippen LogP contribution in [-0.2, 0) is 0 Å². The minimum absolute atomic E-state index is 0.491. The molecule has 0 spiro atoms. The molecule has 1 fully saturated rings. The van der Waals surface area contributed by atoms with Crippen LogP contribution in [0.1, 0.15) is 46.5 Å². The van der Waals surface area contributed by atoms with Gasteiger partial charge in [0.1, 0.15) is 0 Å². The highest BCUT2D eigenvalue weighted by Gasteiger charge is 2.28. The lowest BCUT2D eigenvalue weighted by molar-refractivity contribution is 0.214. The molecule has 1 unspecified atom stereocenters. The van der Waals surface area contributed by atoms with Gasteiger partial charge in [-0.15, -0.1) is 0 Å². The van der Waals surface area contributed by atoms with Gasteiger partial charge in [0.2, 0.25) is 0 Å². The summed E-state index contributed by atoms with van der Waals surface area (Å²) in [4.78, 5) is 0. The molecule has 1 saturated carbocycles. The Morgan fingerprint density at radius 1 is 1.45 bits per heavy atom. The monoisotopic (exact) mass is 153 g/mol. The van der Waals surface area contributed by atoms with Crippen LogP contribution in [0.4, 0.5) is 0 Å². The van der Waals surface area contributed by atoms with Crippen molar-refractivity contribution in [3.8, 4) is 0 Å². The van der Waals surface area contributed by atoms with Gasteiger partial charge in [-0.2, -0.15) is 0 Å². The van der Waals surface area contributed by atoms with Crippen molar-refractivity contribution in [1.82, 2.24) is 0 Å². The van der Waals surface area contributed by atoms with Crippen LogP contribution in [0, 0.1) is 16.7 Å². The van der Waals surface area contributed by atoms with Gasteiger partial charge in [0.15, 0.2) is 0 Å². The van der Waals surface area contributed by atoms with Crippen LogP contribution in [0.15, 0.2) is 0 Å². The summed E-state index contributed by atoms with van der Waals surface area (Å²) >= 11 is 0. The average Bonchev–Trinajstić information content (AvgIpc) is 1.85. The first-order valence-corrected chi connectivity index (χ1v) is 4.56. The topological polar surface area (TPSA) is 23.9 Å². The van der Waals surface area contributed by atoms with E-state index < -0.39 is 0 Å². The maximum atomic E-state index is 7.57. The summed E-state index contributed by atoms with van der Waals surface area (Å²) in [7, 11) is 0. The Kier molecular flexibility index (Phi) is 2.36. The molecule has 0 bridgehead atoms. The van der Waals surface area contributed by atoms with Gasteiger partial charge in [-0.3, -0.25) is 0 Å². The van der Waals surface area contributed by atoms with Gasteiger partial charge in [-0.05, 0) is 37.5 Å². The molecule has 0 heterocycles. The molecule has 1 nitrogen and oxygen atoms in total. The van der Waals surface area contributed by atoms with E-state index in [9.17, 15) is 0 Å². The first-order valence-electron chi connectivity index (χ1n) is 4.56. The first kappa shape index (κ1) is 8.76. The minimum Gasteiger partial charge on any atom is -0.310 e. The molecule has 1 atom stereocenters. The fourth-order valence-corrected chi connectivity index (χ4v) is 2.07. The molecule has 1 aliphatic rings. The highest BCUT2D eigenvalue weighted by atomic mass is 14.5. The van der Waals surface area contributed by atoms with E-state index >= 15 is 0 Å². The Hall–Kier alpha value is -0.330. The van der Waals surface area contributed by atoms with Crippen LogP contribution in [0.2, 0.25) is 0 Å². The van der Waals surface area contributed by atoms with Crippen LogP contribution >= 0.6 is 0 Å². The molecule has 0 aromatic rings. The molecule has 0 aromatic carbocycles. The molecule has 11 heavy (non-hydrogen) atoms. The zero-order valence-electron chi connectivity index (χ0n) is 7.91. The highest BCUT2D eigenvalue weighted by Crippen LogP contribution is 2.38. The summed E-state index contributed by atoms with van der Waals surface area (Å²) in [5.74, 6) is 0.582. The van der Waals surface area contributed by atoms with Crippen LogP contribution in [-0.4, -0.2) is 5.71 Å². The summed E-state index contributed by atoms with van der Waals surface area (Å²) in [6.45, 7) is 6.59. The van der Waals surface area contributed by atoms with E-state index in [2.05, 4.69) is 13.8 Å². The highest BCUT2D eigenvalue weighted by molar-refractivity contribution is 5.81. The normalized spacial score (nSPS) is 29.9. The average molecular weight is 153 g/mol. The molecule has 0 aliphatic heterocycles. The molecule has 0 aromatic heterocycles. The van der Waals surface area contributed by atoms with Crippen molar-refractivity contribution in [2.75, 3.05) is 0 Å². The molecule has 1 heteroatoms. The Morgan fingerprint density at radius 3 is 2.45 bits per heavy atom.